The first-order valence-corrected chi connectivity index (χ1v) is 18.7. The van der Waals surface area contributed by atoms with E-state index in [0.29, 0.717) is 0 Å². The van der Waals surface area contributed by atoms with E-state index in [1.165, 1.54) is 99.1 Å². The van der Waals surface area contributed by atoms with Crippen LogP contribution >= 0.6 is 0 Å². The van der Waals surface area contributed by atoms with Crippen molar-refractivity contribution in [1.82, 2.24) is 0 Å². The Balaban J connectivity index is 1.13. The predicted octanol–water partition coefficient (Wildman–Crippen LogP) is 15.1. The third-order valence-corrected chi connectivity index (χ3v) is 10.8. The summed E-state index contributed by atoms with van der Waals surface area (Å²) in [6, 6.07) is 79.8. The quantitative estimate of drug-likeness (QED) is 0.153. The standard InChI is InChI=1S/C54H36/c1-4-14-37(15-5-1)40-24-28-42(29-25-40)53-49-20-10-12-22-51(49)54(52-23-13-11-21-50(52)53)44-31-27-41-26-30-43(32-45(41)33-44)48-35-46(38-16-6-2-7-17-38)34-47(36-48)39-18-8-3-9-19-39/h1-36H. The average molecular weight is 685 g/mol. The topological polar surface area (TPSA) is 0 Å². The van der Waals surface area contributed by atoms with Gasteiger partial charge in [-0.05, 0) is 129 Å². The third kappa shape index (κ3) is 5.75. The second-order valence-corrected chi connectivity index (χ2v) is 14.1. The average Bonchev–Trinajstić information content (AvgIpc) is 3.26. The van der Waals surface area contributed by atoms with E-state index >= 15 is 0 Å². The second kappa shape index (κ2) is 13.5. The molecule has 252 valence electrons. The highest BCUT2D eigenvalue weighted by atomic mass is 14.2. The van der Waals surface area contributed by atoms with Gasteiger partial charge in [-0.15, -0.1) is 0 Å². The van der Waals surface area contributed by atoms with Crippen molar-refractivity contribution in [3.05, 3.63) is 218 Å². The molecule has 54 heavy (non-hydrogen) atoms. The summed E-state index contributed by atoms with van der Waals surface area (Å²) in [5, 5.41) is 7.50. The fourth-order valence-corrected chi connectivity index (χ4v) is 8.18. The van der Waals surface area contributed by atoms with Crippen molar-refractivity contribution in [2.45, 2.75) is 0 Å². The predicted molar refractivity (Wildman–Crippen MR) is 232 cm³/mol. The molecule has 0 spiro atoms. The first-order chi connectivity index (χ1) is 26.8. The third-order valence-electron chi connectivity index (χ3n) is 10.8. The number of hydrogen-bond acceptors (Lipinski definition) is 0. The highest BCUT2D eigenvalue weighted by molar-refractivity contribution is 6.21. The van der Waals surface area contributed by atoms with Crippen LogP contribution in [0.4, 0.5) is 0 Å². The minimum Gasteiger partial charge on any atom is -0.0622 e. The molecule has 0 amide bonds. The zero-order valence-corrected chi connectivity index (χ0v) is 29.8. The van der Waals surface area contributed by atoms with Gasteiger partial charge in [0.1, 0.15) is 0 Å². The van der Waals surface area contributed by atoms with E-state index < -0.39 is 0 Å². The van der Waals surface area contributed by atoms with Gasteiger partial charge in [-0.25, -0.2) is 0 Å². The fourth-order valence-electron chi connectivity index (χ4n) is 8.18. The molecule has 0 unspecified atom stereocenters. The summed E-state index contributed by atoms with van der Waals surface area (Å²) in [7, 11) is 0. The highest BCUT2D eigenvalue weighted by Crippen LogP contribution is 2.44. The van der Waals surface area contributed by atoms with Gasteiger partial charge in [0.05, 0.1) is 0 Å². The molecular formula is C54H36. The molecule has 0 aliphatic carbocycles. The van der Waals surface area contributed by atoms with Gasteiger partial charge in [0.2, 0.25) is 0 Å². The van der Waals surface area contributed by atoms with Crippen molar-refractivity contribution in [3.8, 4) is 66.8 Å². The Morgan fingerprint density at radius 3 is 0.963 bits per heavy atom. The molecule has 0 N–H and O–H groups in total. The molecule has 0 nitrogen and oxygen atoms in total. The second-order valence-electron chi connectivity index (χ2n) is 14.1. The van der Waals surface area contributed by atoms with Gasteiger partial charge in [0.25, 0.3) is 0 Å². The van der Waals surface area contributed by atoms with Crippen molar-refractivity contribution in [2.75, 3.05) is 0 Å². The summed E-state index contributed by atoms with van der Waals surface area (Å²) < 4.78 is 0. The van der Waals surface area contributed by atoms with Crippen LogP contribution in [0.25, 0.3) is 99.1 Å². The van der Waals surface area contributed by atoms with E-state index in [-0.39, 0.29) is 0 Å². The zero-order valence-electron chi connectivity index (χ0n) is 29.8. The van der Waals surface area contributed by atoms with E-state index in [2.05, 4.69) is 218 Å². The first kappa shape index (κ1) is 31.7. The molecule has 0 radical (unpaired) electrons. The summed E-state index contributed by atoms with van der Waals surface area (Å²) >= 11 is 0. The Hall–Kier alpha value is -7.02. The van der Waals surface area contributed by atoms with Crippen molar-refractivity contribution < 1.29 is 0 Å². The molecule has 10 rings (SSSR count). The molecule has 0 fully saturated rings. The number of hydrogen-bond donors (Lipinski definition) is 0. The lowest BCUT2D eigenvalue weighted by Gasteiger charge is -2.18. The molecule has 0 aliphatic heterocycles. The molecule has 0 heteroatoms. The Labute approximate surface area is 316 Å². The van der Waals surface area contributed by atoms with Crippen LogP contribution in [0.2, 0.25) is 0 Å². The van der Waals surface area contributed by atoms with E-state index in [9.17, 15) is 0 Å². The molecule has 0 saturated carbocycles. The lowest BCUT2D eigenvalue weighted by molar-refractivity contribution is 1.57. The van der Waals surface area contributed by atoms with Crippen molar-refractivity contribution in [1.29, 1.82) is 0 Å². The SMILES string of the molecule is c1ccc(-c2ccc(-c3c4ccccc4c(-c4ccc5ccc(-c6cc(-c7ccccc7)cc(-c7ccccc7)c6)cc5c4)c4ccccc34)cc2)cc1. The van der Waals surface area contributed by atoms with Crippen LogP contribution in [0.15, 0.2) is 218 Å². The Morgan fingerprint density at radius 2 is 0.481 bits per heavy atom. The minimum absolute atomic E-state index is 1.21. The van der Waals surface area contributed by atoms with E-state index in [1.54, 1.807) is 0 Å². The monoisotopic (exact) mass is 684 g/mol. The minimum atomic E-state index is 1.21. The Bertz CT molecular complexity index is 2830. The van der Waals surface area contributed by atoms with Crippen molar-refractivity contribution >= 4 is 32.3 Å². The van der Waals surface area contributed by atoms with Crippen LogP contribution in [0.1, 0.15) is 0 Å². The fraction of sp³-hybridized carbons (Fsp3) is 0. The maximum Gasteiger partial charge on any atom is -0.00262 e. The van der Waals surface area contributed by atoms with Gasteiger partial charge in [-0.1, -0.05) is 188 Å². The Kier molecular flexibility index (Phi) is 7.93. The molecule has 0 atom stereocenters. The zero-order chi connectivity index (χ0) is 35.8. The largest absolute Gasteiger partial charge is 0.0622 e. The molecule has 10 aromatic carbocycles. The Morgan fingerprint density at radius 1 is 0.167 bits per heavy atom. The molecule has 0 saturated heterocycles. The number of fused-ring (bicyclic) bond motifs is 3. The summed E-state index contributed by atoms with van der Waals surface area (Å²) in [6.07, 6.45) is 0. The maximum absolute atomic E-state index is 2.39. The molecule has 0 aromatic heterocycles. The smallest absolute Gasteiger partial charge is 0.00262 e. The lowest BCUT2D eigenvalue weighted by atomic mass is 9.85. The summed E-state index contributed by atoms with van der Waals surface area (Å²) in [6.45, 7) is 0. The van der Waals surface area contributed by atoms with Gasteiger partial charge < -0.3 is 0 Å². The van der Waals surface area contributed by atoms with Crippen LogP contribution in [-0.4, -0.2) is 0 Å². The van der Waals surface area contributed by atoms with Gasteiger partial charge >= 0.3 is 0 Å². The van der Waals surface area contributed by atoms with Crippen LogP contribution in [-0.2, 0) is 0 Å². The van der Waals surface area contributed by atoms with Crippen molar-refractivity contribution in [2.24, 2.45) is 0 Å². The molecule has 0 bridgehead atoms. The van der Waals surface area contributed by atoms with Gasteiger partial charge in [0.15, 0.2) is 0 Å². The van der Waals surface area contributed by atoms with Gasteiger partial charge in [0, 0.05) is 0 Å². The molecule has 10 aromatic rings. The summed E-state index contributed by atoms with van der Waals surface area (Å²) in [5.74, 6) is 0. The highest BCUT2D eigenvalue weighted by Gasteiger charge is 2.17. The van der Waals surface area contributed by atoms with E-state index in [4.69, 9.17) is 0 Å². The van der Waals surface area contributed by atoms with Crippen LogP contribution in [0.5, 0.6) is 0 Å². The first-order valence-electron chi connectivity index (χ1n) is 18.7. The molecule has 0 heterocycles. The number of rotatable bonds is 6. The van der Waals surface area contributed by atoms with E-state index in [1.807, 2.05) is 0 Å². The maximum atomic E-state index is 2.39. The van der Waals surface area contributed by atoms with E-state index in [0.717, 1.165) is 0 Å². The summed E-state index contributed by atoms with van der Waals surface area (Å²) in [4.78, 5) is 0. The van der Waals surface area contributed by atoms with Crippen molar-refractivity contribution in [3.63, 3.8) is 0 Å². The normalized spacial score (nSPS) is 11.3. The molecular weight excluding hydrogens is 649 g/mol. The van der Waals surface area contributed by atoms with Crippen LogP contribution in [0.3, 0.4) is 0 Å². The van der Waals surface area contributed by atoms with Gasteiger partial charge in [-0.3, -0.25) is 0 Å². The number of benzene rings is 10. The summed E-state index contributed by atoms with van der Waals surface area (Å²) in [5.41, 5.74) is 14.7. The molecule has 0 aliphatic rings. The van der Waals surface area contributed by atoms with Crippen LogP contribution in [0, 0.1) is 0 Å². The lowest BCUT2D eigenvalue weighted by Crippen LogP contribution is -1.91. The van der Waals surface area contributed by atoms with Crippen LogP contribution < -0.4 is 0 Å². The van der Waals surface area contributed by atoms with Gasteiger partial charge in [-0.2, -0.15) is 0 Å².